The van der Waals surface area contributed by atoms with Crippen molar-refractivity contribution in [3.63, 3.8) is 0 Å². The van der Waals surface area contributed by atoms with Crippen LogP contribution in [0.2, 0.25) is 0 Å². The Kier molecular flexibility index (Phi) is 59.0. The molecule has 6 nitrogen and oxygen atoms in total. The molecule has 0 rings (SSSR count). The van der Waals surface area contributed by atoms with Crippen LogP contribution < -0.4 is 5.32 Å². The molecule has 6 heteroatoms. The number of esters is 1. The van der Waals surface area contributed by atoms with Crippen LogP contribution in [0.1, 0.15) is 341 Å². The lowest BCUT2D eigenvalue weighted by atomic mass is 10.0. The van der Waals surface area contributed by atoms with Crippen molar-refractivity contribution in [1.29, 1.82) is 0 Å². The van der Waals surface area contributed by atoms with Gasteiger partial charge in [-0.15, -0.1) is 0 Å². The molecule has 418 valence electrons. The SMILES string of the molecule is CCCCC/C=C\C/C=C\CCCCCCCC(=O)OCCCCCCCCCCCCCCCCC(=O)NC(CO)C(O)/C=C/CCCCCCCCCCCCCCCCCCCCCCCCC. The number of carbonyl (C=O) groups excluding carboxylic acids is 2. The number of carbonyl (C=O) groups is 2. The summed E-state index contributed by atoms with van der Waals surface area (Å²) < 4.78 is 5.47. The number of unbranched alkanes of at least 4 members (excludes halogenated alkanes) is 44. The van der Waals surface area contributed by atoms with Crippen molar-refractivity contribution in [2.45, 2.75) is 353 Å². The first kappa shape index (κ1) is 69.1. The fourth-order valence-corrected chi connectivity index (χ4v) is 9.78. The molecule has 0 radical (unpaired) electrons. The predicted octanol–water partition coefficient (Wildman–Crippen LogP) is 20.0. The van der Waals surface area contributed by atoms with E-state index in [0.717, 1.165) is 64.2 Å². The molecule has 0 bridgehead atoms. The monoisotopic (exact) mass is 998 g/mol. The largest absolute Gasteiger partial charge is 0.466 e. The smallest absolute Gasteiger partial charge is 0.305 e. The molecule has 0 aliphatic carbocycles. The molecule has 0 aliphatic rings. The summed E-state index contributed by atoms with van der Waals surface area (Å²) in [6.45, 7) is 4.87. The van der Waals surface area contributed by atoms with Crippen LogP contribution in [0, 0.1) is 0 Å². The summed E-state index contributed by atoms with van der Waals surface area (Å²) in [5.41, 5.74) is 0. The molecule has 0 heterocycles. The lowest BCUT2D eigenvalue weighted by Gasteiger charge is -2.20. The number of allylic oxidation sites excluding steroid dienone is 5. The molecule has 0 spiro atoms. The van der Waals surface area contributed by atoms with E-state index in [0.29, 0.717) is 19.4 Å². The Balaban J connectivity index is 3.47. The molecule has 0 fully saturated rings. The summed E-state index contributed by atoms with van der Waals surface area (Å²) in [7, 11) is 0. The molecule has 1 amide bonds. The molecule has 0 saturated heterocycles. The van der Waals surface area contributed by atoms with E-state index >= 15 is 0 Å². The summed E-state index contributed by atoms with van der Waals surface area (Å²) in [4.78, 5) is 24.6. The van der Waals surface area contributed by atoms with E-state index in [-0.39, 0.29) is 18.5 Å². The summed E-state index contributed by atoms with van der Waals surface area (Å²) >= 11 is 0. The Morgan fingerprint density at radius 1 is 0.394 bits per heavy atom. The number of aliphatic hydroxyl groups excluding tert-OH is 2. The van der Waals surface area contributed by atoms with E-state index in [2.05, 4.69) is 43.5 Å². The number of amides is 1. The van der Waals surface area contributed by atoms with Crippen LogP contribution in [0.3, 0.4) is 0 Å². The molecular formula is C65H123NO5. The first-order chi connectivity index (χ1) is 35.0. The number of hydrogen-bond acceptors (Lipinski definition) is 5. The van der Waals surface area contributed by atoms with Gasteiger partial charge < -0.3 is 20.3 Å². The van der Waals surface area contributed by atoms with Gasteiger partial charge in [0, 0.05) is 12.8 Å². The van der Waals surface area contributed by atoms with Gasteiger partial charge >= 0.3 is 5.97 Å². The first-order valence-corrected chi connectivity index (χ1v) is 31.8. The average Bonchev–Trinajstić information content (AvgIpc) is 3.37. The number of hydrogen-bond donors (Lipinski definition) is 3. The maximum Gasteiger partial charge on any atom is 0.305 e. The highest BCUT2D eigenvalue weighted by Gasteiger charge is 2.18. The van der Waals surface area contributed by atoms with Crippen molar-refractivity contribution in [3.05, 3.63) is 36.5 Å². The summed E-state index contributed by atoms with van der Waals surface area (Å²) in [5, 5.41) is 23.2. The summed E-state index contributed by atoms with van der Waals surface area (Å²) in [5.74, 6) is -0.0929. The Morgan fingerprint density at radius 3 is 1.10 bits per heavy atom. The van der Waals surface area contributed by atoms with Gasteiger partial charge in [-0.25, -0.2) is 0 Å². The van der Waals surface area contributed by atoms with Gasteiger partial charge in [0.05, 0.1) is 25.4 Å². The van der Waals surface area contributed by atoms with Gasteiger partial charge in [-0.2, -0.15) is 0 Å². The summed E-state index contributed by atoms with van der Waals surface area (Å²) in [6, 6.07) is -0.638. The van der Waals surface area contributed by atoms with Gasteiger partial charge in [-0.3, -0.25) is 9.59 Å². The Labute approximate surface area is 443 Å². The number of nitrogens with one attached hydrogen (secondary N) is 1. The molecule has 2 atom stereocenters. The van der Waals surface area contributed by atoms with Crippen molar-refractivity contribution in [1.82, 2.24) is 5.32 Å². The Bertz CT molecular complexity index is 1150. The molecule has 0 aromatic carbocycles. The van der Waals surface area contributed by atoms with Crippen LogP contribution in [-0.2, 0) is 14.3 Å². The minimum Gasteiger partial charge on any atom is -0.466 e. The predicted molar refractivity (Wildman–Crippen MR) is 310 cm³/mol. The van der Waals surface area contributed by atoms with Gasteiger partial charge in [0.2, 0.25) is 5.91 Å². The van der Waals surface area contributed by atoms with E-state index < -0.39 is 12.1 Å². The van der Waals surface area contributed by atoms with E-state index in [4.69, 9.17) is 4.74 Å². The van der Waals surface area contributed by atoms with Gasteiger partial charge in [-0.1, -0.05) is 301 Å². The second-order valence-electron chi connectivity index (χ2n) is 21.7. The second-order valence-corrected chi connectivity index (χ2v) is 21.7. The first-order valence-electron chi connectivity index (χ1n) is 31.8. The van der Waals surface area contributed by atoms with Gasteiger partial charge in [-0.05, 0) is 64.2 Å². The van der Waals surface area contributed by atoms with Crippen LogP contribution in [0.25, 0.3) is 0 Å². The van der Waals surface area contributed by atoms with E-state index in [9.17, 15) is 19.8 Å². The van der Waals surface area contributed by atoms with Gasteiger partial charge in [0.1, 0.15) is 0 Å². The number of rotatable bonds is 59. The maximum atomic E-state index is 12.5. The third-order valence-electron chi connectivity index (χ3n) is 14.7. The van der Waals surface area contributed by atoms with Crippen molar-refractivity contribution >= 4 is 11.9 Å². The zero-order chi connectivity index (χ0) is 51.4. The van der Waals surface area contributed by atoms with Crippen molar-refractivity contribution in [2.24, 2.45) is 0 Å². The third-order valence-corrected chi connectivity index (χ3v) is 14.7. The van der Waals surface area contributed by atoms with Crippen molar-refractivity contribution < 1.29 is 24.5 Å². The fourth-order valence-electron chi connectivity index (χ4n) is 9.78. The molecular weight excluding hydrogens is 875 g/mol. The minimum atomic E-state index is -0.854. The minimum absolute atomic E-state index is 0.0168. The number of ether oxygens (including phenoxy) is 1. The maximum absolute atomic E-state index is 12.5. The topological polar surface area (TPSA) is 95.9 Å². The van der Waals surface area contributed by atoms with Crippen molar-refractivity contribution in [3.8, 4) is 0 Å². The van der Waals surface area contributed by atoms with Crippen LogP contribution in [0.5, 0.6) is 0 Å². The Hall–Kier alpha value is -1.92. The van der Waals surface area contributed by atoms with E-state index in [1.54, 1.807) is 6.08 Å². The van der Waals surface area contributed by atoms with Crippen LogP contribution in [0.4, 0.5) is 0 Å². The zero-order valence-electron chi connectivity index (χ0n) is 47.7. The molecule has 2 unspecified atom stereocenters. The van der Waals surface area contributed by atoms with E-state index in [1.165, 1.54) is 250 Å². The molecule has 0 aliphatic heterocycles. The lowest BCUT2D eigenvalue weighted by molar-refractivity contribution is -0.143. The molecule has 0 saturated carbocycles. The van der Waals surface area contributed by atoms with Gasteiger partial charge in [0.15, 0.2) is 0 Å². The fraction of sp³-hybridized carbons (Fsp3) is 0.877. The lowest BCUT2D eigenvalue weighted by Crippen LogP contribution is -2.45. The van der Waals surface area contributed by atoms with Crippen LogP contribution >= 0.6 is 0 Å². The quantitative estimate of drug-likeness (QED) is 0.0321. The highest BCUT2D eigenvalue weighted by atomic mass is 16.5. The molecule has 0 aromatic heterocycles. The van der Waals surface area contributed by atoms with Crippen molar-refractivity contribution in [2.75, 3.05) is 13.2 Å². The average molecular weight is 999 g/mol. The van der Waals surface area contributed by atoms with Crippen LogP contribution in [-0.4, -0.2) is 47.4 Å². The standard InChI is InChI=1S/C65H123NO5/c1-3-5-7-9-11-13-15-17-19-20-21-22-23-24-25-26-27-28-30-33-37-41-45-49-53-57-63(68)62(61-67)66-64(69)58-54-50-46-42-38-34-31-32-36-40-44-48-52-56-60-71-65(70)59-55-51-47-43-39-35-29-18-16-14-12-10-8-6-4-2/h12,14,18,29,53,57,62-63,67-68H,3-11,13,15-17,19-28,30-52,54-56,58-61H2,1-2H3,(H,66,69)/b14-12-,29-18-,57-53+. The van der Waals surface area contributed by atoms with Crippen LogP contribution in [0.15, 0.2) is 36.5 Å². The number of aliphatic hydroxyl groups is 2. The second kappa shape index (κ2) is 60.6. The highest BCUT2D eigenvalue weighted by Crippen LogP contribution is 2.18. The van der Waals surface area contributed by atoms with E-state index in [1.807, 2.05) is 6.08 Å². The molecule has 71 heavy (non-hydrogen) atoms. The molecule has 3 N–H and O–H groups in total. The Morgan fingerprint density at radius 2 is 0.704 bits per heavy atom. The summed E-state index contributed by atoms with van der Waals surface area (Å²) in [6.07, 6.45) is 76.1. The van der Waals surface area contributed by atoms with Gasteiger partial charge in [0.25, 0.3) is 0 Å². The highest BCUT2D eigenvalue weighted by molar-refractivity contribution is 5.76. The molecule has 0 aromatic rings. The normalized spacial score (nSPS) is 12.8. The third kappa shape index (κ3) is 57.2. The zero-order valence-corrected chi connectivity index (χ0v) is 47.7.